The molecule has 0 N–H and O–H groups in total. The van der Waals surface area contributed by atoms with Crippen LogP contribution in [0.4, 0.5) is 17.2 Å². The predicted octanol–water partition coefficient (Wildman–Crippen LogP) is 6.51. The second-order valence-corrected chi connectivity index (χ2v) is 9.02. The highest BCUT2D eigenvalue weighted by Crippen LogP contribution is 2.49. The molecule has 0 aliphatic carbocycles. The minimum absolute atomic E-state index is 0.637. The van der Waals surface area contributed by atoms with Gasteiger partial charge >= 0.3 is 0 Å². The van der Waals surface area contributed by atoms with Crippen LogP contribution in [0.25, 0.3) is 0 Å². The minimum atomic E-state index is 0.637. The largest absolute Gasteiger partial charge is 0.497 e. The number of aryl methyl sites for hydroxylation is 2. The molecule has 0 spiro atoms. The molecule has 2 aliphatic rings. The van der Waals surface area contributed by atoms with Crippen molar-refractivity contribution in [2.75, 3.05) is 30.0 Å². The third kappa shape index (κ3) is 3.77. The third-order valence-electron chi connectivity index (χ3n) is 6.92. The van der Waals surface area contributed by atoms with Crippen LogP contribution in [0.5, 0.6) is 5.75 Å². The molecule has 1 aromatic heterocycles. The number of hydrogen-bond donors (Lipinski definition) is 0. The molecule has 0 saturated carbocycles. The fraction of sp³-hybridized carbons (Fsp3) is 0.577. The molecule has 4 nitrogen and oxygen atoms in total. The van der Waals surface area contributed by atoms with Crippen LogP contribution in [0, 0.1) is 13.8 Å². The molecule has 0 saturated heterocycles. The van der Waals surface area contributed by atoms with Gasteiger partial charge in [0.25, 0.3) is 0 Å². The van der Waals surface area contributed by atoms with E-state index in [1.54, 1.807) is 7.11 Å². The number of benzene rings is 1. The number of rotatable bonds is 7. The lowest BCUT2D eigenvalue weighted by atomic mass is 9.83. The molecule has 3 heterocycles. The summed E-state index contributed by atoms with van der Waals surface area (Å²) in [6.45, 7) is 11.2. The number of methoxy groups -OCH3 is 1. The first-order valence-corrected chi connectivity index (χ1v) is 11.8. The van der Waals surface area contributed by atoms with E-state index >= 15 is 0 Å². The van der Waals surface area contributed by atoms with Crippen molar-refractivity contribution in [2.24, 2.45) is 0 Å². The number of anilines is 3. The van der Waals surface area contributed by atoms with Crippen molar-refractivity contribution < 1.29 is 4.74 Å². The van der Waals surface area contributed by atoms with Crippen LogP contribution in [-0.4, -0.2) is 31.2 Å². The van der Waals surface area contributed by atoms with Gasteiger partial charge in [0, 0.05) is 41.8 Å². The first-order valence-electron chi connectivity index (χ1n) is 11.8. The highest BCUT2D eigenvalue weighted by atomic mass is 16.5. The van der Waals surface area contributed by atoms with Crippen molar-refractivity contribution >= 4 is 17.2 Å². The van der Waals surface area contributed by atoms with Gasteiger partial charge in [-0.05, 0) is 75.3 Å². The molecule has 0 radical (unpaired) electrons. The Bertz CT molecular complexity index is 888. The summed E-state index contributed by atoms with van der Waals surface area (Å²) in [7, 11) is 1.73. The molecular weight excluding hydrogens is 370 g/mol. The molecule has 4 heteroatoms. The Morgan fingerprint density at radius 3 is 2.43 bits per heavy atom. The lowest BCUT2D eigenvalue weighted by Gasteiger charge is -2.45. The molecule has 0 fully saturated rings. The first kappa shape index (κ1) is 21.0. The van der Waals surface area contributed by atoms with E-state index in [-0.39, 0.29) is 0 Å². The van der Waals surface area contributed by atoms with Crippen molar-refractivity contribution in [3.05, 3.63) is 41.1 Å². The van der Waals surface area contributed by atoms with Gasteiger partial charge in [-0.2, -0.15) is 0 Å². The quantitative estimate of drug-likeness (QED) is 0.523. The van der Waals surface area contributed by atoms with Crippen molar-refractivity contribution in [3.63, 3.8) is 0 Å². The van der Waals surface area contributed by atoms with Gasteiger partial charge in [-0.15, -0.1) is 0 Å². The average molecular weight is 408 g/mol. The highest BCUT2D eigenvalue weighted by molar-refractivity contribution is 5.76. The van der Waals surface area contributed by atoms with E-state index in [0.717, 1.165) is 18.0 Å². The van der Waals surface area contributed by atoms with E-state index in [4.69, 9.17) is 9.72 Å². The molecule has 162 valence electrons. The van der Waals surface area contributed by atoms with E-state index in [1.165, 1.54) is 73.4 Å². The van der Waals surface area contributed by atoms with Gasteiger partial charge in [-0.25, -0.2) is 4.98 Å². The monoisotopic (exact) mass is 407 g/mol. The van der Waals surface area contributed by atoms with Crippen LogP contribution in [0.15, 0.2) is 24.3 Å². The van der Waals surface area contributed by atoms with E-state index in [9.17, 15) is 0 Å². The summed E-state index contributed by atoms with van der Waals surface area (Å²) in [5, 5.41) is 0. The number of hydrogen-bond acceptors (Lipinski definition) is 4. The van der Waals surface area contributed by atoms with Crippen molar-refractivity contribution in [1.29, 1.82) is 0 Å². The lowest BCUT2D eigenvalue weighted by Crippen LogP contribution is -2.42. The molecular formula is C26H37N3O. The highest BCUT2D eigenvalue weighted by Gasteiger charge is 2.36. The van der Waals surface area contributed by atoms with Crippen LogP contribution in [0.1, 0.15) is 75.1 Å². The zero-order valence-corrected chi connectivity index (χ0v) is 19.4. The van der Waals surface area contributed by atoms with Crippen LogP contribution in [0.3, 0.4) is 0 Å². The topological polar surface area (TPSA) is 28.6 Å². The standard InChI is InChI=1S/C26H37N3O/c1-6-8-21(9-7-2)28-14-12-20-13-15-29(23-11-10-22(30-5)16-18(23)3)26-25(20)24(28)17-19(4)27-26/h10-11,16-17,20-21H,6-9,12-15H2,1-5H3. The Hall–Kier alpha value is -2.23. The van der Waals surface area contributed by atoms with E-state index in [1.807, 2.05) is 0 Å². The summed E-state index contributed by atoms with van der Waals surface area (Å²) in [5.74, 6) is 2.74. The van der Waals surface area contributed by atoms with E-state index < -0.39 is 0 Å². The van der Waals surface area contributed by atoms with E-state index in [2.05, 4.69) is 61.8 Å². The fourth-order valence-corrected chi connectivity index (χ4v) is 5.52. The van der Waals surface area contributed by atoms with Crippen LogP contribution in [-0.2, 0) is 0 Å². The molecule has 30 heavy (non-hydrogen) atoms. The molecule has 2 aromatic rings. The molecule has 0 bridgehead atoms. The maximum Gasteiger partial charge on any atom is 0.138 e. The zero-order valence-electron chi connectivity index (χ0n) is 19.4. The summed E-state index contributed by atoms with van der Waals surface area (Å²) < 4.78 is 5.43. The summed E-state index contributed by atoms with van der Waals surface area (Å²) in [5.41, 5.74) is 6.57. The molecule has 4 rings (SSSR count). The van der Waals surface area contributed by atoms with Crippen LogP contribution in [0.2, 0.25) is 0 Å². The number of pyridine rings is 1. The molecule has 2 aliphatic heterocycles. The number of aromatic nitrogens is 1. The van der Waals surface area contributed by atoms with Gasteiger partial charge in [0.05, 0.1) is 7.11 Å². The Morgan fingerprint density at radius 1 is 1.03 bits per heavy atom. The van der Waals surface area contributed by atoms with Gasteiger partial charge < -0.3 is 14.5 Å². The maximum atomic E-state index is 5.43. The molecule has 1 unspecified atom stereocenters. The summed E-state index contributed by atoms with van der Waals surface area (Å²) in [6, 6.07) is 9.40. The van der Waals surface area contributed by atoms with Gasteiger partial charge in [-0.3, -0.25) is 0 Å². The van der Waals surface area contributed by atoms with Crippen LogP contribution >= 0.6 is 0 Å². The predicted molar refractivity (Wildman–Crippen MR) is 127 cm³/mol. The smallest absolute Gasteiger partial charge is 0.138 e. The average Bonchev–Trinajstić information content (AvgIpc) is 2.74. The summed E-state index contributed by atoms with van der Waals surface area (Å²) >= 11 is 0. The fourth-order valence-electron chi connectivity index (χ4n) is 5.52. The molecule has 1 aromatic carbocycles. The third-order valence-corrected chi connectivity index (χ3v) is 6.92. The minimum Gasteiger partial charge on any atom is -0.497 e. The normalized spacial score (nSPS) is 18.0. The number of ether oxygens (including phenoxy) is 1. The number of nitrogens with zero attached hydrogens (tertiary/aromatic N) is 3. The second-order valence-electron chi connectivity index (χ2n) is 9.02. The Morgan fingerprint density at radius 2 is 1.77 bits per heavy atom. The van der Waals surface area contributed by atoms with Crippen LogP contribution < -0.4 is 14.5 Å². The SMILES string of the molecule is CCCC(CCC)N1CCC2CCN(c3ccc(OC)cc3C)c3nc(C)cc1c32. The Balaban J connectivity index is 1.80. The zero-order chi connectivity index (χ0) is 21.3. The Labute approximate surface area is 182 Å². The maximum absolute atomic E-state index is 5.43. The molecule has 1 atom stereocenters. The summed E-state index contributed by atoms with van der Waals surface area (Å²) in [4.78, 5) is 10.3. The Kier molecular flexibility index (Phi) is 6.21. The van der Waals surface area contributed by atoms with E-state index in [0.29, 0.717) is 12.0 Å². The van der Waals surface area contributed by atoms with Gasteiger partial charge in [0.2, 0.25) is 0 Å². The summed E-state index contributed by atoms with van der Waals surface area (Å²) in [6.07, 6.45) is 7.49. The van der Waals surface area contributed by atoms with Crippen molar-refractivity contribution in [3.8, 4) is 5.75 Å². The van der Waals surface area contributed by atoms with Gasteiger partial charge in [-0.1, -0.05) is 26.7 Å². The molecule has 0 amide bonds. The van der Waals surface area contributed by atoms with Gasteiger partial charge in [0.15, 0.2) is 0 Å². The lowest BCUT2D eigenvalue weighted by molar-refractivity contribution is 0.414. The van der Waals surface area contributed by atoms with Crippen molar-refractivity contribution in [1.82, 2.24) is 4.98 Å². The first-order chi connectivity index (χ1) is 14.6. The van der Waals surface area contributed by atoms with Gasteiger partial charge in [0.1, 0.15) is 11.6 Å². The second kappa shape index (κ2) is 8.87. The van der Waals surface area contributed by atoms with Crippen molar-refractivity contribution in [2.45, 2.75) is 78.2 Å².